The van der Waals surface area contributed by atoms with E-state index in [1.807, 2.05) is 0 Å². The Balaban J connectivity index is 3.36. The van der Waals surface area contributed by atoms with Crippen LogP contribution in [0.2, 0.25) is 5.02 Å². The van der Waals surface area contributed by atoms with E-state index in [-0.39, 0.29) is 15.7 Å². The molecule has 1 rings (SSSR count). The van der Waals surface area contributed by atoms with Gasteiger partial charge in [0.1, 0.15) is 4.90 Å². The Morgan fingerprint density at radius 3 is 2.47 bits per heavy atom. The minimum atomic E-state index is -3.91. The van der Waals surface area contributed by atoms with Gasteiger partial charge in [-0.2, -0.15) is 0 Å². The van der Waals surface area contributed by atoms with E-state index in [2.05, 4.69) is 0 Å². The highest BCUT2D eigenvalue weighted by atomic mass is 35.7. The first kappa shape index (κ1) is 12.5. The predicted octanol–water partition coefficient (Wildman–Crippen LogP) is 2.86. The van der Waals surface area contributed by atoms with E-state index in [0.717, 1.165) is 0 Å². The lowest BCUT2D eigenvalue weighted by atomic mass is 10.1. The van der Waals surface area contributed by atoms with Gasteiger partial charge >= 0.3 is 0 Å². The summed E-state index contributed by atoms with van der Waals surface area (Å²) in [6.45, 7) is 1.69. The maximum absolute atomic E-state index is 11.3. The zero-order chi connectivity index (χ0) is 11.6. The number of ketones is 1. The number of hydrogen-bond acceptors (Lipinski definition) is 3. The summed E-state index contributed by atoms with van der Waals surface area (Å²) in [4.78, 5) is 11.1. The van der Waals surface area contributed by atoms with Crippen LogP contribution in [0.4, 0.5) is 0 Å². The SMILES string of the molecule is CCC(=O)c1ccc(Cl)c(S(=O)(=O)Cl)c1. The molecule has 0 fully saturated rings. The lowest BCUT2D eigenvalue weighted by Gasteiger charge is -2.03. The highest BCUT2D eigenvalue weighted by Crippen LogP contribution is 2.26. The van der Waals surface area contributed by atoms with E-state index in [1.165, 1.54) is 18.2 Å². The van der Waals surface area contributed by atoms with Crippen molar-refractivity contribution in [3.63, 3.8) is 0 Å². The van der Waals surface area contributed by atoms with E-state index in [4.69, 9.17) is 22.3 Å². The minimum absolute atomic E-state index is 0.0117. The third-order valence-corrected chi connectivity index (χ3v) is 3.64. The summed E-state index contributed by atoms with van der Waals surface area (Å²) in [6.07, 6.45) is 0.295. The quantitative estimate of drug-likeness (QED) is 0.625. The Morgan fingerprint density at radius 2 is 2.00 bits per heavy atom. The lowest BCUT2D eigenvalue weighted by Crippen LogP contribution is -2.00. The topological polar surface area (TPSA) is 51.2 Å². The van der Waals surface area contributed by atoms with Crippen molar-refractivity contribution in [2.75, 3.05) is 0 Å². The van der Waals surface area contributed by atoms with Gasteiger partial charge in [-0.05, 0) is 18.2 Å². The van der Waals surface area contributed by atoms with E-state index in [0.29, 0.717) is 12.0 Å². The first-order valence-corrected chi connectivity index (χ1v) is 6.82. The predicted molar refractivity (Wildman–Crippen MR) is 59.1 cm³/mol. The summed E-state index contributed by atoms with van der Waals surface area (Å²) >= 11 is 5.65. The number of carbonyl (C=O) groups excluding carboxylic acids is 1. The largest absolute Gasteiger partial charge is 0.294 e. The number of Topliss-reactive ketones (excluding diaryl/α,β-unsaturated/α-hetero) is 1. The van der Waals surface area contributed by atoms with Crippen molar-refractivity contribution in [3.8, 4) is 0 Å². The van der Waals surface area contributed by atoms with E-state index in [9.17, 15) is 13.2 Å². The molecule has 0 saturated heterocycles. The van der Waals surface area contributed by atoms with Crippen molar-refractivity contribution in [1.82, 2.24) is 0 Å². The number of carbonyl (C=O) groups is 1. The van der Waals surface area contributed by atoms with E-state index in [1.54, 1.807) is 6.92 Å². The van der Waals surface area contributed by atoms with Crippen LogP contribution in [-0.2, 0) is 9.05 Å². The Kier molecular flexibility index (Phi) is 3.76. The van der Waals surface area contributed by atoms with Crippen LogP contribution in [0.1, 0.15) is 23.7 Å². The van der Waals surface area contributed by atoms with Crippen molar-refractivity contribution in [2.24, 2.45) is 0 Å². The lowest BCUT2D eigenvalue weighted by molar-refractivity contribution is 0.0988. The average Bonchev–Trinajstić information content (AvgIpc) is 2.15. The summed E-state index contributed by atoms with van der Waals surface area (Å²) < 4.78 is 22.2. The monoisotopic (exact) mass is 266 g/mol. The molecule has 0 aromatic heterocycles. The molecule has 0 amide bonds. The molecule has 0 radical (unpaired) electrons. The Hall–Kier alpha value is -0.580. The molecule has 82 valence electrons. The first-order chi connectivity index (χ1) is 6.86. The summed E-state index contributed by atoms with van der Waals surface area (Å²) in [5.74, 6) is -0.159. The maximum Gasteiger partial charge on any atom is 0.262 e. The molecule has 0 saturated carbocycles. The maximum atomic E-state index is 11.3. The highest BCUT2D eigenvalue weighted by Gasteiger charge is 2.16. The fourth-order valence-corrected chi connectivity index (χ4v) is 2.56. The molecule has 0 aliphatic rings. The van der Waals surface area contributed by atoms with E-state index >= 15 is 0 Å². The molecule has 0 unspecified atom stereocenters. The van der Waals surface area contributed by atoms with Crippen molar-refractivity contribution in [2.45, 2.75) is 18.2 Å². The van der Waals surface area contributed by atoms with Gasteiger partial charge < -0.3 is 0 Å². The standard InChI is InChI=1S/C9H8Cl2O3S/c1-2-8(12)6-3-4-7(10)9(5-6)15(11,13)14/h3-5H,2H2,1H3. The normalized spacial score (nSPS) is 11.4. The van der Waals surface area contributed by atoms with Crippen LogP contribution in [0.3, 0.4) is 0 Å². The van der Waals surface area contributed by atoms with Crippen molar-refractivity contribution >= 4 is 37.1 Å². The van der Waals surface area contributed by atoms with Crippen LogP contribution < -0.4 is 0 Å². The van der Waals surface area contributed by atoms with Crippen LogP contribution in [0.15, 0.2) is 23.1 Å². The Morgan fingerprint density at radius 1 is 1.40 bits per heavy atom. The zero-order valence-electron chi connectivity index (χ0n) is 7.83. The smallest absolute Gasteiger partial charge is 0.262 e. The third-order valence-electron chi connectivity index (χ3n) is 1.84. The molecule has 0 heterocycles. The van der Waals surface area contributed by atoms with Crippen molar-refractivity contribution < 1.29 is 13.2 Å². The molecule has 1 aromatic rings. The molecule has 1 aromatic carbocycles. The second-order valence-corrected chi connectivity index (χ2v) is 5.80. The van der Waals surface area contributed by atoms with Crippen LogP contribution in [-0.4, -0.2) is 14.2 Å². The van der Waals surface area contributed by atoms with E-state index < -0.39 is 9.05 Å². The second kappa shape index (κ2) is 4.51. The van der Waals surface area contributed by atoms with Gasteiger partial charge in [0.25, 0.3) is 9.05 Å². The van der Waals surface area contributed by atoms with Gasteiger partial charge in [-0.1, -0.05) is 18.5 Å². The van der Waals surface area contributed by atoms with Gasteiger partial charge in [0.05, 0.1) is 5.02 Å². The minimum Gasteiger partial charge on any atom is -0.294 e. The molecule has 0 N–H and O–H groups in total. The molecule has 0 aliphatic carbocycles. The number of halogens is 2. The summed E-state index contributed by atoms with van der Waals surface area (Å²) in [5, 5.41) is 0.0117. The fraction of sp³-hybridized carbons (Fsp3) is 0.222. The summed E-state index contributed by atoms with van der Waals surface area (Å²) in [7, 11) is 1.25. The van der Waals surface area contributed by atoms with Crippen LogP contribution in [0.5, 0.6) is 0 Å². The molecule has 0 atom stereocenters. The average molecular weight is 267 g/mol. The number of benzene rings is 1. The Labute approximate surface area is 97.4 Å². The highest BCUT2D eigenvalue weighted by molar-refractivity contribution is 8.13. The first-order valence-electron chi connectivity index (χ1n) is 4.13. The van der Waals surface area contributed by atoms with Crippen LogP contribution >= 0.6 is 22.3 Å². The molecule has 0 aliphatic heterocycles. The third kappa shape index (κ3) is 2.93. The summed E-state index contributed by atoms with van der Waals surface area (Å²) in [6, 6.07) is 4.01. The van der Waals surface area contributed by atoms with Gasteiger partial charge in [-0.25, -0.2) is 8.42 Å². The van der Waals surface area contributed by atoms with Gasteiger partial charge in [-0.15, -0.1) is 0 Å². The Bertz CT molecular complexity index is 494. The molecular formula is C9H8Cl2O3S. The fourth-order valence-electron chi connectivity index (χ4n) is 1.07. The molecular weight excluding hydrogens is 259 g/mol. The molecule has 0 spiro atoms. The van der Waals surface area contributed by atoms with Crippen molar-refractivity contribution in [1.29, 1.82) is 0 Å². The number of rotatable bonds is 3. The molecule has 3 nitrogen and oxygen atoms in total. The van der Waals surface area contributed by atoms with Crippen molar-refractivity contribution in [3.05, 3.63) is 28.8 Å². The molecule has 15 heavy (non-hydrogen) atoms. The molecule has 6 heteroatoms. The number of hydrogen-bond donors (Lipinski definition) is 0. The van der Waals surface area contributed by atoms with Gasteiger partial charge in [0.2, 0.25) is 0 Å². The van der Waals surface area contributed by atoms with Gasteiger partial charge in [0.15, 0.2) is 5.78 Å². The van der Waals surface area contributed by atoms with Gasteiger partial charge in [0, 0.05) is 22.7 Å². The second-order valence-electron chi connectivity index (χ2n) is 2.86. The van der Waals surface area contributed by atoms with Gasteiger partial charge in [-0.3, -0.25) is 4.79 Å². The summed E-state index contributed by atoms with van der Waals surface area (Å²) in [5.41, 5.74) is 0.293. The zero-order valence-corrected chi connectivity index (χ0v) is 10.2. The van der Waals surface area contributed by atoms with Crippen LogP contribution in [0.25, 0.3) is 0 Å². The van der Waals surface area contributed by atoms with Crippen LogP contribution in [0, 0.1) is 0 Å². The molecule has 0 bridgehead atoms.